The zero-order chi connectivity index (χ0) is 24.1. The lowest BCUT2D eigenvalue weighted by Crippen LogP contribution is -2.19. The van der Waals surface area contributed by atoms with Gasteiger partial charge in [0.15, 0.2) is 16.7 Å². The van der Waals surface area contributed by atoms with Crippen molar-refractivity contribution >= 4 is 46.3 Å². The number of nitro groups is 1. The Morgan fingerprint density at radius 2 is 1.85 bits per heavy atom. The fraction of sp³-hybridized carbons (Fsp3) is 0.0417. The van der Waals surface area contributed by atoms with E-state index in [1.54, 1.807) is 18.2 Å². The maximum atomic E-state index is 12.5. The van der Waals surface area contributed by atoms with Crippen molar-refractivity contribution in [3.8, 4) is 11.5 Å². The Bertz CT molecular complexity index is 1340. The highest BCUT2D eigenvalue weighted by Gasteiger charge is 2.24. The third kappa shape index (κ3) is 5.30. The van der Waals surface area contributed by atoms with Crippen molar-refractivity contribution in [2.24, 2.45) is 4.99 Å². The maximum Gasteiger partial charge on any atom is 0.343 e. The molecule has 1 aliphatic rings. The number of thioether (sulfide) groups is 1. The van der Waals surface area contributed by atoms with Crippen LogP contribution < -0.4 is 14.8 Å². The standard InChI is InChI=1S/C24H17N3O6S/c1-32-20-12-15(13-21-22(28)26-24(34-21)25-17-7-3-2-4-8-17)10-11-19(20)33-23(29)16-6-5-9-18(14-16)27(30)31/h2-14H,1H3,(H,25,26,28). The molecule has 170 valence electrons. The Kier molecular flexibility index (Phi) is 6.69. The van der Waals surface area contributed by atoms with Gasteiger partial charge in [0, 0.05) is 12.1 Å². The lowest BCUT2D eigenvalue weighted by atomic mass is 10.1. The summed E-state index contributed by atoms with van der Waals surface area (Å²) in [6, 6.07) is 19.3. The minimum atomic E-state index is -0.763. The van der Waals surface area contributed by atoms with E-state index in [0.29, 0.717) is 15.6 Å². The van der Waals surface area contributed by atoms with Crippen LogP contribution in [0.2, 0.25) is 0 Å². The number of non-ortho nitro benzene ring substituents is 1. The number of nitro benzene ring substituents is 1. The topological polar surface area (TPSA) is 120 Å². The summed E-state index contributed by atoms with van der Waals surface area (Å²) in [4.78, 5) is 40.0. The smallest absolute Gasteiger partial charge is 0.343 e. The molecule has 3 aromatic carbocycles. The monoisotopic (exact) mass is 475 g/mol. The van der Waals surface area contributed by atoms with Crippen molar-refractivity contribution < 1.29 is 24.0 Å². The number of carbonyl (C=O) groups excluding carboxylic acids is 2. The second-order valence-corrected chi connectivity index (χ2v) is 7.96. The average Bonchev–Trinajstić information content (AvgIpc) is 3.18. The summed E-state index contributed by atoms with van der Waals surface area (Å²) in [5, 5.41) is 14.1. The van der Waals surface area contributed by atoms with Gasteiger partial charge < -0.3 is 14.8 Å². The van der Waals surface area contributed by atoms with Gasteiger partial charge in [-0.25, -0.2) is 9.79 Å². The van der Waals surface area contributed by atoms with Crippen LogP contribution >= 0.6 is 11.8 Å². The summed E-state index contributed by atoms with van der Waals surface area (Å²) in [6.07, 6.45) is 1.67. The van der Waals surface area contributed by atoms with Crippen LogP contribution in [0.4, 0.5) is 11.4 Å². The van der Waals surface area contributed by atoms with Crippen LogP contribution in [0.5, 0.6) is 11.5 Å². The quantitative estimate of drug-likeness (QED) is 0.180. The van der Waals surface area contributed by atoms with E-state index in [2.05, 4.69) is 10.3 Å². The van der Waals surface area contributed by atoms with Crippen LogP contribution in [0.25, 0.3) is 6.08 Å². The van der Waals surface area contributed by atoms with E-state index >= 15 is 0 Å². The number of ether oxygens (including phenoxy) is 2. The highest BCUT2D eigenvalue weighted by molar-refractivity contribution is 8.18. The molecular formula is C24H17N3O6S. The molecule has 0 atom stereocenters. The first kappa shape index (κ1) is 22.7. The van der Waals surface area contributed by atoms with Crippen molar-refractivity contribution in [1.82, 2.24) is 5.32 Å². The average molecular weight is 475 g/mol. The van der Waals surface area contributed by atoms with Crippen LogP contribution in [0.3, 0.4) is 0 Å². The van der Waals surface area contributed by atoms with Crippen molar-refractivity contribution in [3.05, 3.63) is 98.9 Å². The number of esters is 1. The molecule has 0 unspecified atom stereocenters. The lowest BCUT2D eigenvalue weighted by Gasteiger charge is -2.10. The molecule has 0 saturated carbocycles. The minimum Gasteiger partial charge on any atom is -0.493 e. The zero-order valence-electron chi connectivity index (χ0n) is 17.8. The van der Waals surface area contributed by atoms with E-state index in [4.69, 9.17) is 9.47 Å². The number of hydrogen-bond acceptors (Lipinski definition) is 8. The number of nitrogens with one attached hydrogen (secondary N) is 1. The fourth-order valence-corrected chi connectivity index (χ4v) is 3.86. The minimum absolute atomic E-state index is 0.0340. The molecule has 1 N–H and O–H groups in total. The first-order valence-corrected chi connectivity index (χ1v) is 10.7. The number of amidine groups is 1. The van der Waals surface area contributed by atoms with Gasteiger partial charge >= 0.3 is 5.97 Å². The summed E-state index contributed by atoms with van der Waals surface area (Å²) in [7, 11) is 1.42. The van der Waals surface area contributed by atoms with E-state index < -0.39 is 10.9 Å². The SMILES string of the molecule is COc1cc(C=C2SC(=Nc3ccccc3)NC2=O)ccc1OC(=O)c1cccc([N+](=O)[O-])c1. The van der Waals surface area contributed by atoms with Crippen molar-refractivity contribution in [2.75, 3.05) is 7.11 Å². The van der Waals surface area contributed by atoms with Crippen molar-refractivity contribution in [1.29, 1.82) is 0 Å². The summed E-state index contributed by atoms with van der Waals surface area (Å²) >= 11 is 1.21. The van der Waals surface area contributed by atoms with E-state index in [1.165, 1.54) is 43.1 Å². The lowest BCUT2D eigenvalue weighted by molar-refractivity contribution is -0.384. The Morgan fingerprint density at radius 1 is 1.06 bits per heavy atom. The summed E-state index contributed by atoms with van der Waals surface area (Å²) in [5.74, 6) is -0.647. The number of benzene rings is 3. The first-order chi connectivity index (χ1) is 16.4. The third-order valence-electron chi connectivity index (χ3n) is 4.62. The van der Waals surface area contributed by atoms with E-state index in [1.807, 2.05) is 30.3 Å². The Balaban J connectivity index is 1.52. The van der Waals surface area contributed by atoms with Gasteiger partial charge in [-0.2, -0.15) is 0 Å². The molecule has 0 bridgehead atoms. The van der Waals surface area contributed by atoms with Gasteiger partial charge in [-0.1, -0.05) is 30.3 Å². The van der Waals surface area contributed by atoms with Crippen LogP contribution in [-0.4, -0.2) is 29.1 Å². The molecule has 1 aliphatic heterocycles. The number of nitrogens with zero attached hydrogens (tertiary/aromatic N) is 2. The molecular weight excluding hydrogens is 458 g/mol. The van der Waals surface area contributed by atoms with Gasteiger partial charge in [-0.05, 0) is 53.7 Å². The molecule has 0 spiro atoms. The van der Waals surface area contributed by atoms with Gasteiger partial charge in [-0.15, -0.1) is 0 Å². The molecule has 0 radical (unpaired) electrons. The predicted octanol–water partition coefficient (Wildman–Crippen LogP) is 4.71. The largest absolute Gasteiger partial charge is 0.493 e. The first-order valence-electron chi connectivity index (χ1n) is 9.92. The number of amides is 1. The second-order valence-electron chi connectivity index (χ2n) is 6.92. The van der Waals surface area contributed by atoms with Crippen LogP contribution in [0, 0.1) is 10.1 Å². The molecule has 9 nitrogen and oxygen atoms in total. The number of aliphatic imine (C=N–C) groups is 1. The number of hydrogen-bond donors (Lipinski definition) is 1. The summed E-state index contributed by atoms with van der Waals surface area (Å²) in [6.45, 7) is 0. The second kappa shape index (κ2) is 10.0. The zero-order valence-corrected chi connectivity index (χ0v) is 18.6. The van der Waals surface area contributed by atoms with Gasteiger partial charge in [0.05, 0.1) is 28.2 Å². The normalized spacial score (nSPS) is 15.3. The molecule has 4 rings (SSSR count). The highest BCUT2D eigenvalue weighted by Crippen LogP contribution is 2.33. The summed E-state index contributed by atoms with van der Waals surface area (Å²) in [5.41, 5.74) is 1.19. The van der Waals surface area contributed by atoms with Crippen molar-refractivity contribution in [2.45, 2.75) is 0 Å². The highest BCUT2D eigenvalue weighted by atomic mass is 32.2. The number of rotatable bonds is 6. The van der Waals surface area contributed by atoms with E-state index in [-0.39, 0.29) is 28.7 Å². The van der Waals surface area contributed by atoms with Crippen molar-refractivity contribution in [3.63, 3.8) is 0 Å². The number of methoxy groups -OCH3 is 1. The van der Waals surface area contributed by atoms with E-state index in [9.17, 15) is 19.7 Å². The van der Waals surface area contributed by atoms with Crippen LogP contribution in [0.1, 0.15) is 15.9 Å². The third-order valence-corrected chi connectivity index (χ3v) is 5.53. The molecule has 34 heavy (non-hydrogen) atoms. The number of para-hydroxylation sites is 1. The van der Waals surface area contributed by atoms with Gasteiger partial charge in [0.2, 0.25) is 0 Å². The predicted molar refractivity (Wildman–Crippen MR) is 128 cm³/mol. The molecule has 1 amide bonds. The Morgan fingerprint density at radius 3 is 2.59 bits per heavy atom. The van der Waals surface area contributed by atoms with E-state index in [0.717, 1.165) is 11.8 Å². The number of carbonyl (C=O) groups is 2. The maximum absolute atomic E-state index is 12.5. The Labute approximate surface area is 198 Å². The molecule has 0 aliphatic carbocycles. The molecule has 3 aromatic rings. The van der Waals surface area contributed by atoms with Gasteiger partial charge in [0.1, 0.15) is 0 Å². The molecule has 1 heterocycles. The molecule has 1 fully saturated rings. The fourth-order valence-electron chi connectivity index (χ4n) is 3.02. The Hall–Kier alpha value is -4.44. The van der Waals surface area contributed by atoms with Gasteiger partial charge in [-0.3, -0.25) is 14.9 Å². The molecule has 0 aromatic heterocycles. The summed E-state index contributed by atoms with van der Waals surface area (Å²) < 4.78 is 10.7. The van der Waals surface area contributed by atoms with Gasteiger partial charge in [0.25, 0.3) is 11.6 Å². The van der Waals surface area contributed by atoms with Crippen LogP contribution in [0.15, 0.2) is 82.7 Å². The van der Waals surface area contributed by atoms with Crippen LogP contribution in [-0.2, 0) is 4.79 Å². The molecule has 10 heteroatoms. The molecule has 1 saturated heterocycles.